The van der Waals surface area contributed by atoms with Crippen LogP contribution in [0.4, 0.5) is 5.69 Å². The first-order chi connectivity index (χ1) is 8.38. The molecule has 0 aliphatic heterocycles. The van der Waals surface area contributed by atoms with E-state index in [1.54, 1.807) is 6.20 Å². The van der Waals surface area contributed by atoms with Gasteiger partial charge in [-0.2, -0.15) is 5.10 Å². The molecular weight excluding hydrogens is 234 g/mol. The van der Waals surface area contributed by atoms with Crippen LogP contribution in [-0.2, 0) is 16.9 Å². The van der Waals surface area contributed by atoms with Gasteiger partial charge in [0.2, 0.25) is 0 Å². The van der Waals surface area contributed by atoms with Crippen molar-refractivity contribution < 1.29 is 9.90 Å². The Morgan fingerprint density at radius 3 is 2.83 bits per heavy atom. The summed E-state index contributed by atoms with van der Waals surface area (Å²) in [7, 11) is 0. The van der Waals surface area contributed by atoms with Gasteiger partial charge in [-0.25, -0.2) is 0 Å². The molecule has 18 heavy (non-hydrogen) atoms. The van der Waals surface area contributed by atoms with Crippen molar-refractivity contribution in [3.8, 4) is 0 Å². The van der Waals surface area contributed by atoms with Crippen molar-refractivity contribution in [3.63, 3.8) is 0 Å². The Morgan fingerprint density at radius 1 is 1.61 bits per heavy atom. The topological polar surface area (TPSA) is 119 Å². The Balaban J connectivity index is 2.84. The summed E-state index contributed by atoms with van der Waals surface area (Å²) in [6.07, 6.45) is 2.34. The highest BCUT2D eigenvalue weighted by molar-refractivity contribution is 5.69. The number of nitrogens with two attached hydrogens (primary N) is 2. The van der Waals surface area contributed by atoms with Crippen LogP contribution < -0.4 is 16.8 Å². The van der Waals surface area contributed by atoms with E-state index in [2.05, 4.69) is 10.4 Å². The summed E-state index contributed by atoms with van der Waals surface area (Å²) < 4.78 is 1.81. The number of aliphatic carboxylic acids is 1. The van der Waals surface area contributed by atoms with Crippen molar-refractivity contribution in [1.29, 1.82) is 0 Å². The number of nitrogen functional groups attached to an aromatic ring is 1. The van der Waals surface area contributed by atoms with E-state index in [0.717, 1.165) is 12.1 Å². The van der Waals surface area contributed by atoms with E-state index in [0.29, 0.717) is 18.8 Å². The van der Waals surface area contributed by atoms with Crippen molar-refractivity contribution in [2.24, 2.45) is 5.73 Å². The number of nitrogens with one attached hydrogen (secondary N) is 1. The van der Waals surface area contributed by atoms with Gasteiger partial charge in [-0.05, 0) is 26.8 Å². The molecule has 7 heteroatoms. The second kappa shape index (κ2) is 5.83. The lowest BCUT2D eigenvalue weighted by Crippen LogP contribution is -2.34. The minimum absolute atomic E-state index is 0.109. The summed E-state index contributed by atoms with van der Waals surface area (Å²) in [6.45, 7) is 4.85. The first kappa shape index (κ1) is 14.5. The maximum atomic E-state index is 10.5. The lowest BCUT2D eigenvalue weighted by Gasteiger charge is -2.27. The average molecular weight is 255 g/mol. The van der Waals surface area contributed by atoms with Crippen molar-refractivity contribution in [2.45, 2.75) is 32.4 Å². The Kier molecular flexibility index (Phi) is 4.69. The minimum atomic E-state index is -0.902. The number of carboxylic acids is 1. The van der Waals surface area contributed by atoms with E-state index >= 15 is 0 Å². The van der Waals surface area contributed by atoms with Crippen LogP contribution in [0.25, 0.3) is 0 Å². The molecule has 0 saturated carbocycles. The second-order valence-corrected chi connectivity index (χ2v) is 4.81. The van der Waals surface area contributed by atoms with E-state index in [-0.39, 0.29) is 12.1 Å². The zero-order valence-corrected chi connectivity index (χ0v) is 10.8. The third-order valence-corrected chi connectivity index (χ3v) is 2.80. The van der Waals surface area contributed by atoms with E-state index in [4.69, 9.17) is 16.6 Å². The average Bonchev–Trinajstić information content (AvgIpc) is 2.60. The Morgan fingerprint density at radius 2 is 2.28 bits per heavy atom. The van der Waals surface area contributed by atoms with Crippen LogP contribution in [0, 0.1) is 0 Å². The highest BCUT2D eigenvalue weighted by atomic mass is 16.4. The van der Waals surface area contributed by atoms with Gasteiger partial charge < -0.3 is 21.9 Å². The number of aromatic nitrogens is 2. The molecule has 6 N–H and O–H groups in total. The monoisotopic (exact) mass is 255 g/mol. The summed E-state index contributed by atoms with van der Waals surface area (Å²) in [5, 5.41) is 15.7. The van der Waals surface area contributed by atoms with E-state index in [1.165, 1.54) is 0 Å². The van der Waals surface area contributed by atoms with Crippen molar-refractivity contribution in [1.82, 2.24) is 15.1 Å². The van der Waals surface area contributed by atoms with Gasteiger partial charge in [-0.3, -0.25) is 9.48 Å². The van der Waals surface area contributed by atoms with Gasteiger partial charge in [0.15, 0.2) is 0 Å². The SMILES string of the molecule is CC(C)(CCN)n1ncc(N)c1CNCC(=O)O. The predicted octanol–water partition coefficient (Wildman–Crippen LogP) is -0.277. The van der Waals surface area contributed by atoms with Gasteiger partial charge >= 0.3 is 5.97 Å². The van der Waals surface area contributed by atoms with Crippen LogP contribution in [0.2, 0.25) is 0 Å². The summed E-state index contributed by atoms with van der Waals surface area (Å²) in [6, 6.07) is 0. The highest BCUT2D eigenvalue weighted by Crippen LogP contribution is 2.23. The highest BCUT2D eigenvalue weighted by Gasteiger charge is 2.24. The number of hydrogen-bond donors (Lipinski definition) is 4. The largest absolute Gasteiger partial charge is 0.480 e. The lowest BCUT2D eigenvalue weighted by molar-refractivity contribution is -0.136. The summed E-state index contributed by atoms with van der Waals surface area (Å²) in [4.78, 5) is 10.5. The Bertz CT molecular complexity index is 414. The Labute approximate surface area is 106 Å². The van der Waals surface area contributed by atoms with Crippen LogP contribution in [-0.4, -0.2) is 33.9 Å². The van der Waals surface area contributed by atoms with Gasteiger partial charge in [-0.15, -0.1) is 0 Å². The summed E-state index contributed by atoms with van der Waals surface area (Å²) in [5.41, 5.74) is 12.5. The molecule has 0 radical (unpaired) electrons. The molecule has 1 rings (SSSR count). The molecule has 1 aromatic rings. The number of carboxylic acid groups (broad SMARTS) is 1. The van der Waals surface area contributed by atoms with E-state index < -0.39 is 5.97 Å². The molecule has 0 fully saturated rings. The van der Waals surface area contributed by atoms with Crippen LogP contribution in [0.3, 0.4) is 0 Å². The van der Waals surface area contributed by atoms with Crippen LogP contribution in [0.5, 0.6) is 0 Å². The first-order valence-electron chi connectivity index (χ1n) is 5.84. The van der Waals surface area contributed by atoms with Crippen molar-refractivity contribution >= 4 is 11.7 Å². The normalized spacial score (nSPS) is 11.7. The summed E-state index contributed by atoms with van der Waals surface area (Å²) >= 11 is 0. The van der Waals surface area contributed by atoms with Crippen molar-refractivity contribution in [2.75, 3.05) is 18.8 Å². The molecule has 0 aromatic carbocycles. The smallest absolute Gasteiger partial charge is 0.317 e. The Hall–Kier alpha value is -1.60. The van der Waals surface area contributed by atoms with Gasteiger partial charge in [0.25, 0.3) is 0 Å². The molecule has 0 amide bonds. The van der Waals surface area contributed by atoms with Crippen LogP contribution >= 0.6 is 0 Å². The lowest BCUT2D eigenvalue weighted by atomic mass is 10.0. The number of nitrogens with zero attached hydrogens (tertiary/aromatic N) is 2. The molecule has 0 aliphatic carbocycles. The molecule has 0 unspecified atom stereocenters. The summed E-state index contributed by atoms with van der Waals surface area (Å²) in [5.74, 6) is -0.902. The molecule has 0 spiro atoms. The maximum Gasteiger partial charge on any atom is 0.317 e. The van der Waals surface area contributed by atoms with Gasteiger partial charge in [0.05, 0.1) is 29.7 Å². The molecule has 0 bridgehead atoms. The van der Waals surface area contributed by atoms with Gasteiger partial charge in [0.1, 0.15) is 0 Å². The minimum Gasteiger partial charge on any atom is -0.480 e. The van der Waals surface area contributed by atoms with Crippen molar-refractivity contribution in [3.05, 3.63) is 11.9 Å². The molecule has 0 saturated heterocycles. The molecule has 1 aromatic heterocycles. The van der Waals surface area contributed by atoms with Gasteiger partial charge in [0, 0.05) is 6.54 Å². The molecule has 102 valence electrons. The van der Waals surface area contributed by atoms with Gasteiger partial charge in [-0.1, -0.05) is 0 Å². The maximum absolute atomic E-state index is 10.5. The van der Waals surface area contributed by atoms with Crippen LogP contribution in [0.1, 0.15) is 26.0 Å². The first-order valence-corrected chi connectivity index (χ1v) is 5.84. The van der Waals surface area contributed by atoms with Crippen LogP contribution in [0.15, 0.2) is 6.20 Å². The standard InChI is InChI=1S/C11H21N5O2/c1-11(2,3-4-12)16-9(8(13)5-15-16)6-14-7-10(17)18/h5,14H,3-4,6-7,12-13H2,1-2H3,(H,17,18). The fourth-order valence-electron chi connectivity index (χ4n) is 1.83. The third kappa shape index (κ3) is 3.44. The van der Waals surface area contributed by atoms with E-state index in [1.807, 2.05) is 18.5 Å². The zero-order valence-electron chi connectivity index (χ0n) is 10.8. The second-order valence-electron chi connectivity index (χ2n) is 4.81. The molecule has 1 heterocycles. The molecule has 0 atom stereocenters. The number of anilines is 1. The number of carbonyl (C=O) groups is 1. The zero-order chi connectivity index (χ0) is 13.8. The quantitative estimate of drug-likeness (QED) is 0.532. The number of hydrogen-bond acceptors (Lipinski definition) is 5. The third-order valence-electron chi connectivity index (χ3n) is 2.80. The molecule has 0 aliphatic rings. The molecule has 7 nitrogen and oxygen atoms in total. The fraction of sp³-hybridized carbons (Fsp3) is 0.636. The predicted molar refractivity (Wildman–Crippen MR) is 69.0 cm³/mol. The van der Waals surface area contributed by atoms with E-state index in [9.17, 15) is 4.79 Å². The fourth-order valence-corrected chi connectivity index (χ4v) is 1.83. The molecular formula is C11H21N5O2. The number of rotatable bonds is 7.